The highest BCUT2D eigenvalue weighted by molar-refractivity contribution is 5.28. The fourth-order valence-corrected chi connectivity index (χ4v) is 1.55. The second-order valence-corrected chi connectivity index (χ2v) is 4.56. The first-order valence-electron chi connectivity index (χ1n) is 5.95. The van der Waals surface area contributed by atoms with E-state index >= 15 is 0 Å². The molecule has 0 aliphatic heterocycles. The Morgan fingerprint density at radius 1 is 1.53 bits per heavy atom. The Bertz CT molecular complexity index is 380. The van der Waals surface area contributed by atoms with Crippen LogP contribution in [0, 0.1) is 12.7 Å². The van der Waals surface area contributed by atoms with Crippen molar-refractivity contribution in [2.24, 2.45) is 0 Å². The predicted molar refractivity (Wildman–Crippen MR) is 63.7 cm³/mol. The van der Waals surface area contributed by atoms with Crippen molar-refractivity contribution >= 4 is 0 Å². The molecule has 1 saturated carbocycles. The van der Waals surface area contributed by atoms with Gasteiger partial charge >= 0.3 is 0 Å². The minimum atomic E-state index is -0.527. The molecular formula is C13H18FNO2. The normalized spacial score (nSPS) is 16.9. The van der Waals surface area contributed by atoms with Crippen molar-refractivity contribution < 1.29 is 14.2 Å². The Morgan fingerprint density at radius 2 is 2.29 bits per heavy atom. The van der Waals surface area contributed by atoms with Crippen LogP contribution in [-0.4, -0.2) is 30.4 Å². The van der Waals surface area contributed by atoms with Crippen molar-refractivity contribution in [3.63, 3.8) is 0 Å². The van der Waals surface area contributed by atoms with E-state index in [1.807, 2.05) is 0 Å². The molecule has 0 spiro atoms. The topological polar surface area (TPSA) is 41.5 Å². The van der Waals surface area contributed by atoms with Crippen LogP contribution in [0.4, 0.5) is 4.39 Å². The molecule has 1 atom stereocenters. The molecular weight excluding hydrogens is 221 g/mol. The highest BCUT2D eigenvalue weighted by Gasteiger charge is 2.21. The largest absolute Gasteiger partial charge is 0.491 e. The smallest absolute Gasteiger partial charge is 0.126 e. The van der Waals surface area contributed by atoms with Gasteiger partial charge in [0.15, 0.2) is 0 Å². The van der Waals surface area contributed by atoms with Gasteiger partial charge in [0.1, 0.15) is 24.3 Å². The molecule has 2 N–H and O–H groups in total. The highest BCUT2D eigenvalue weighted by Crippen LogP contribution is 2.18. The number of aliphatic hydroxyl groups is 1. The number of hydrogen-bond acceptors (Lipinski definition) is 3. The van der Waals surface area contributed by atoms with E-state index < -0.39 is 6.10 Å². The van der Waals surface area contributed by atoms with E-state index in [9.17, 15) is 9.50 Å². The Hall–Kier alpha value is -1.13. The summed E-state index contributed by atoms with van der Waals surface area (Å²) in [5.74, 6) is 0.350. The van der Waals surface area contributed by atoms with Crippen molar-refractivity contribution in [1.29, 1.82) is 0 Å². The van der Waals surface area contributed by atoms with Gasteiger partial charge in [-0.1, -0.05) is 0 Å². The van der Waals surface area contributed by atoms with E-state index in [-0.39, 0.29) is 12.4 Å². The molecule has 1 aromatic rings. The van der Waals surface area contributed by atoms with Gasteiger partial charge in [0, 0.05) is 12.6 Å². The second kappa shape index (κ2) is 5.47. The van der Waals surface area contributed by atoms with Gasteiger partial charge in [-0.25, -0.2) is 4.39 Å². The van der Waals surface area contributed by atoms with Crippen molar-refractivity contribution in [1.82, 2.24) is 5.32 Å². The fraction of sp³-hybridized carbons (Fsp3) is 0.538. The lowest BCUT2D eigenvalue weighted by Gasteiger charge is -2.13. The van der Waals surface area contributed by atoms with Gasteiger partial charge in [0.2, 0.25) is 0 Å². The molecule has 1 aliphatic rings. The number of benzene rings is 1. The summed E-state index contributed by atoms with van der Waals surface area (Å²) in [5, 5.41) is 12.9. The third-order valence-electron chi connectivity index (χ3n) is 2.79. The van der Waals surface area contributed by atoms with Crippen LogP contribution >= 0.6 is 0 Å². The minimum Gasteiger partial charge on any atom is -0.491 e. The zero-order chi connectivity index (χ0) is 12.3. The summed E-state index contributed by atoms with van der Waals surface area (Å²) in [6, 6.07) is 5.16. The van der Waals surface area contributed by atoms with Crippen molar-refractivity contribution in [3.05, 3.63) is 29.6 Å². The van der Waals surface area contributed by atoms with Crippen LogP contribution < -0.4 is 10.1 Å². The van der Waals surface area contributed by atoms with Crippen LogP contribution in [0.1, 0.15) is 18.4 Å². The first kappa shape index (κ1) is 12.3. The molecule has 1 unspecified atom stereocenters. The summed E-state index contributed by atoms with van der Waals surface area (Å²) in [5.41, 5.74) is 0.549. The van der Waals surface area contributed by atoms with Gasteiger partial charge in [0.25, 0.3) is 0 Å². The van der Waals surface area contributed by atoms with Crippen LogP contribution in [0.15, 0.2) is 18.2 Å². The van der Waals surface area contributed by atoms with Crippen LogP contribution in [0.5, 0.6) is 5.75 Å². The van der Waals surface area contributed by atoms with Gasteiger partial charge in [-0.05, 0) is 43.5 Å². The zero-order valence-electron chi connectivity index (χ0n) is 9.95. The maximum absolute atomic E-state index is 13.0. The van der Waals surface area contributed by atoms with Gasteiger partial charge in [-0.15, -0.1) is 0 Å². The minimum absolute atomic E-state index is 0.227. The number of aliphatic hydroxyl groups excluding tert-OH is 1. The first-order valence-corrected chi connectivity index (χ1v) is 5.95. The monoisotopic (exact) mass is 239 g/mol. The number of hydrogen-bond donors (Lipinski definition) is 2. The van der Waals surface area contributed by atoms with E-state index in [1.165, 1.54) is 18.9 Å². The predicted octanol–water partition coefficient (Wildman–Crippen LogP) is 1.63. The number of rotatable bonds is 6. The molecule has 4 heteroatoms. The van der Waals surface area contributed by atoms with Crippen LogP contribution in [-0.2, 0) is 0 Å². The summed E-state index contributed by atoms with van der Waals surface area (Å²) in [6.45, 7) is 2.46. The molecule has 0 aromatic heterocycles. The molecule has 0 radical (unpaired) electrons. The average molecular weight is 239 g/mol. The molecule has 1 aromatic carbocycles. The lowest BCUT2D eigenvalue weighted by Crippen LogP contribution is -2.32. The van der Waals surface area contributed by atoms with Crippen LogP contribution in [0.2, 0.25) is 0 Å². The summed E-state index contributed by atoms with van der Waals surface area (Å²) in [6.07, 6.45) is 1.87. The molecule has 0 heterocycles. The maximum atomic E-state index is 13.0. The Labute approximate surface area is 101 Å². The van der Waals surface area contributed by atoms with E-state index in [2.05, 4.69) is 5.32 Å². The SMILES string of the molecule is Cc1cc(OCC(O)CNC2CC2)ccc1F. The van der Waals surface area contributed by atoms with E-state index in [1.54, 1.807) is 19.1 Å². The number of halogens is 1. The summed E-state index contributed by atoms with van der Waals surface area (Å²) in [4.78, 5) is 0. The highest BCUT2D eigenvalue weighted by atomic mass is 19.1. The van der Waals surface area contributed by atoms with Gasteiger partial charge in [-0.2, -0.15) is 0 Å². The summed E-state index contributed by atoms with van der Waals surface area (Å²) >= 11 is 0. The van der Waals surface area contributed by atoms with Crippen molar-refractivity contribution in [2.45, 2.75) is 31.9 Å². The molecule has 0 saturated heterocycles. The fourth-order valence-electron chi connectivity index (χ4n) is 1.55. The Morgan fingerprint density at radius 3 is 2.94 bits per heavy atom. The van der Waals surface area contributed by atoms with Crippen LogP contribution in [0.25, 0.3) is 0 Å². The van der Waals surface area contributed by atoms with Crippen molar-refractivity contribution in [2.75, 3.05) is 13.2 Å². The summed E-state index contributed by atoms with van der Waals surface area (Å²) < 4.78 is 18.4. The van der Waals surface area contributed by atoms with E-state index in [0.717, 1.165) is 0 Å². The molecule has 94 valence electrons. The van der Waals surface area contributed by atoms with Gasteiger partial charge in [0.05, 0.1) is 0 Å². The third-order valence-corrected chi connectivity index (χ3v) is 2.79. The maximum Gasteiger partial charge on any atom is 0.126 e. The third kappa shape index (κ3) is 3.98. The second-order valence-electron chi connectivity index (χ2n) is 4.56. The van der Waals surface area contributed by atoms with E-state index in [0.29, 0.717) is 23.9 Å². The lowest BCUT2D eigenvalue weighted by atomic mass is 10.2. The number of nitrogens with one attached hydrogen (secondary N) is 1. The Balaban J connectivity index is 1.73. The molecule has 0 amide bonds. The van der Waals surface area contributed by atoms with E-state index in [4.69, 9.17) is 4.74 Å². The molecule has 2 rings (SSSR count). The molecule has 1 fully saturated rings. The molecule has 0 bridgehead atoms. The molecule has 17 heavy (non-hydrogen) atoms. The van der Waals surface area contributed by atoms with Gasteiger partial charge < -0.3 is 15.2 Å². The molecule has 3 nitrogen and oxygen atoms in total. The first-order chi connectivity index (χ1) is 8.15. The number of ether oxygens (including phenoxy) is 1. The Kier molecular flexibility index (Phi) is 3.97. The van der Waals surface area contributed by atoms with Gasteiger partial charge in [-0.3, -0.25) is 0 Å². The lowest BCUT2D eigenvalue weighted by molar-refractivity contribution is 0.106. The zero-order valence-corrected chi connectivity index (χ0v) is 9.95. The standard InChI is InChI=1S/C13H18FNO2/c1-9-6-12(4-5-13(9)14)17-8-11(16)7-15-10-2-3-10/h4-6,10-11,15-16H,2-3,7-8H2,1H3. The average Bonchev–Trinajstić information content (AvgIpc) is 3.12. The van der Waals surface area contributed by atoms with Crippen LogP contribution in [0.3, 0.4) is 0 Å². The quantitative estimate of drug-likeness (QED) is 0.792. The summed E-state index contributed by atoms with van der Waals surface area (Å²) in [7, 11) is 0. The molecule has 1 aliphatic carbocycles. The van der Waals surface area contributed by atoms with Crippen molar-refractivity contribution in [3.8, 4) is 5.75 Å². The number of aryl methyl sites for hydroxylation is 1.